The lowest BCUT2D eigenvalue weighted by molar-refractivity contribution is -0.138. The zero-order valence-electron chi connectivity index (χ0n) is 18.1. The van der Waals surface area contributed by atoms with Crippen LogP contribution < -0.4 is 15.5 Å². The first-order valence-electron chi connectivity index (χ1n) is 10.8. The number of benzene rings is 1. The molecule has 0 unspecified atom stereocenters. The van der Waals surface area contributed by atoms with Crippen LogP contribution in [0.5, 0.6) is 0 Å². The smallest absolute Gasteiger partial charge is 0.230 e. The molecule has 1 saturated carbocycles. The highest BCUT2D eigenvalue weighted by molar-refractivity contribution is 5.85. The molecule has 1 heterocycles. The van der Waals surface area contributed by atoms with Gasteiger partial charge in [-0.15, -0.1) is 0 Å². The van der Waals surface area contributed by atoms with Gasteiger partial charge in [0.1, 0.15) is 0 Å². The maximum Gasteiger partial charge on any atom is 0.230 e. The van der Waals surface area contributed by atoms with Crippen molar-refractivity contribution < 1.29 is 4.79 Å². The Morgan fingerprint density at radius 3 is 2.55 bits per heavy atom. The largest absolute Gasteiger partial charge is 0.364 e. The lowest BCUT2D eigenvalue weighted by atomic mass is 9.84. The van der Waals surface area contributed by atoms with Gasteiger partial charge in [0.15, 0.2) is 5.96 Å². The number of nitrogens with zero attached hydrogens (tertiary/aromatic N) is 3. The average molecular weight is 398 g/mol. The fourth-order valence-corrected chi connectivity index (χ4v) is 4.30. The van der Waals surface area contributed by atoms with Crippen LogP contribution in [-0.4, -0.2) is 57.0 Å². The summed E-state index contributed by atoms with van der Waals surface area (Å²) < 4.78 is 0. The summed E-state index contributed by atoms with van der Waals surface area (Å²) in [6.45, 7) is 6.04. The van der Waals surface area contributed by atoms with E-state index in [9.17, 15) is 4.79 Å². The van der Waals surface area contributed by atoms with Crippen molar-refractivity contribution >= 4 is 17.6 Å². The third-order valence-electron chi connectivity index (χ3n) is 5.87. The molecule has 2 N–H and O–H groups in total. The van der Waals surface area contributed by atoms with Crippen LogP contribution in [0.1, 0.15) is 38.2 Å². The summed E-state index contributed by atoms with van der Waals surface area (Å²) >= 11 is 0. The monoisotopic (exact) mass is 397 g/mol. The van der Waals surface area contributed by atoms with Crippen molar-refractivity contribution in [1.29, 1.82) is 0 Å². The molecule has 0 bridgehead atoms. The predicted molar refractivity (Wildman–Crippen MR) is 120 cm³/mol. The lowest BCUT2D eigenvalue weighted by Crippen LogP contribution is -2.49. The molecule has 0 spiro atoms. The summed E-state index contributed by atoms with van der Waals surface area (Å²) in [5, 5.41) is 6.78. The molecule has 6 heteroatoms. The zero-order valence-corrected chi connectivity index (χ0v) is 18.1. The van der Waals surface area contributed by atoms with E-state index in [1.807, 2.05) is 14.1 Å². The van der Waals surface area contributed by atoms with Gasteiger partial charge in [-0.25, -0.2) is 4.99 Å². The number of guanidine groups is 1. The van der Waals surface area contributed by atoms with E-state index in [1.165, 1.54) is 11.3 Å². The highest BCUT2D eigenvalue weighted by atomic mass is 16.2. The highest BCUT2D eigenvalue weighted by Crippen LogP contribution is 2.38. The molecule has 0 saturated heterocycles. The van der Waals surface area contributed by atoms with Crippen LogP contribution in [0.15, 0.2) is 41.4 Å². The van der Waals surface area contributed by atoms with Crippen LogP contribution in [-0.2, 0) is 11.3 Å². The minimum absolute atomic E-state index is 0.227. The lowest BCUT2D eigenvalue weighted by Gasteiger charge is -2.31. The number of anilines is 1. The number of carbonyl (C=O) groups excluding carboxylic acids is 1. The number of hydrogen-bond acceptors (Lipinski definition) is 3. The van der Waals surface area contributed by atoms with Gasteiger partial charge in [-0.2, -0.15) is 0 Å². The molecule has 1 aliphatic carbocycles. The average Bonchev–Trinajstić information content (AvgIpc) is 3.42. The van der Waals surface area contributed by atoms with E-state index in [2.05, 4.69) is 58.9 Å². The first-order valence-corrected chi connectivity index (χ1v) is 10.8. The minimum atomic E-state index is -0.303. The summed E-state index contributed by atoms with van der Waals surface area (Å²) in [7, 11) is 3.70. The molecule has 1 aromatic rings. The number of rotatable bonds is 7. The summed E-state index contributed by atoms with van der Waals surface area (Å²) in [5.41, 5.74) is 2.12. The van der Waals surface area contributed by atoms with Gasteiger partial charge >= 0.3 is 0 Å². The Kier molecular flexibility index (Phi) is 7.18. The third-order valence-corrected chi connectivity index (χ3v) is 5.87. The zero-order chi connectivity index (χ0) is 20.7. The number of carbonyl (C=O) groups is 1. The predicted octanol–water partition coefficient (Wildman–Crippen LogP) is 2.77. The fraction of sp³-hybridized carbons (Fsp3) is 0.565. The molecular formula is C23H35N5O. The maximum atomic E-state index is 12.8. The molecule has 6 nitrogen and oxygen atoms in total. The van der Waals surface area contributed by atoms with E-state index in [4.69, 9.17) is 4.99 Å². The van der Waals surface area contributed by atoms with Gasteiger partial charge in [0, 0.05) is 46.0 Å². The highest BCUT2D eigenvalue weighted by Gasteiger charge is 2.42. The van der Waals surface area contributed by atoms with Crippen molar-refractivity contribution in [3.63, 3.8) is 0 Å². The summed E-state index contributed by atoms with van der Waals surface area (Å²) in [6, 6.07) is 8.59. The van der Waals surface area contributed by atoms with Gasteiger partial charge < -0.3 is 20.4 Å². The Bertz CT molecular complexity index is 741. The van der Waals surface area contributed by atoms with E-state index in [0.717, 1.165) is 51.3 Å². The number of hydrogen-bond donors (Lipinski definition) is 2. The van der Waals surface area contributed by atoms with Crippen LogP contribution >= 0.6 is 0 Å². The second-order valence-electron chi connectivity index (χ2n) is 8.28. The second-order valence-corrected chi connectivity index (χ2v) is 8.28. The Hall–Kier alpha value is -2.50. The Labute approximate surface area is 175 Å². The molecule has 0 radical (unpaired) electrons. The molecule has 0 aromatic heterocycles. The number of amides is 1. The van der Waals surface area contributed by atoms with Crippen LogP contribution in [0.2, 0.25) is 0 Å². The van der Waals surface area contributed by atoms with Crippen molar-refractivity contribution in [3.05, 3.63) is 42.0 Å². The summed E-state index contributed by atoms with van der Waals surface area (Å²) in [4.78, 5) is 21.7. The van der Waals surface area contributed by atoms with Gasteiger partial charge in [-0.05, 0) is 37.5 Å². The van der Waals surface area contributed by atoms with E-state index in [1.54, 1.807) is 4.90 Å². The van der Waals surface area contributed by atoms with Gasteiger partial charge in [0.2, 0.25) is 5.91 Å². The van der Waals surface area contributed by atoms with Crippen LogP contribution in [0.3, 0.4) is 0 Å². The van der Waals surface area contributed by atoms with Gasteiger partial charge in [0.25, 0.3) is 0 Å². The molecule has 1 amide bonds. The van der Waals surface area contributed by atoms with Crippen molar-refractivity contribution in [1.82, 2.24) is 15.5 Å². The topological polar surface area (TPSA) is 60.0 Å². The standard InChI is InChI=1S/C23H35N5O/c1-4-24-22(26-18-23(12-5-6-13-23)21(29)27(2)3)25-17-19-10-9-11-20(16-19)28-14-7-8-15-28/h7-11,16H,4-6,12-15,17-18H2,1-3H3,(H2,24,25,26). The Balaban J connectivity index is 1.65. The maximum absolute atomic E-state index is 12.8. The molecule has 1 aromatic carbocycles. The van der Waals surface area contributed by atoms with Gasteiger partial charge in [-0.3, -0.25) is 4.79 Å². The SMILES string of the molecule is CCNC(=NCc1cccc(N2CC=CC2)c1)NCC1(C(=O)N(C)C)CCCC1. The van der Waals surface area contributed by atoms with Crippen LogP contribution in [0.4, 0.5) is 5.69 Å². The van der Waals surface area contributed by atoms with E-state index < -0.39 is 0 Å². The fourth-order valence-electron chi connectivity index (χ4n) is 4.30. The van der Waals surface area contributed by atoms with E-state index in [0.29, 0.717) is 13.1 Å². The van der Waals surface area contributed by atoms with Crippen LogP contribution in [0, 0.1) is 5.41 Å². The van der Waals surface area contributed by atoms with Crippen molar-refractivity contribution in [2.45, 2.75) is 39.2 Å². The molecule has 158 valence electrons. The molecule has 1 fully saturated rings. The van der Waals surface area contributed by atoms with Crippen LogP contribution in [0.25, 0.3) is 0 Å². The van der Waals surface area contributed by atoms with E-state index >= 15 is 0 Å². The quantitative estimate of drug-likeness (QED) is 0.422. The molecule has 2 aliphatic rings. The molecule has 1 aliphatic heterocycles. The Morgan fingerprint density at radius 1 is 1.17 bits per heavy atom. The molecule has 29 heavy (non-hydrogen) atoms. The first-order chi connectivity index (χ1) is 14.0. The van der Waals surface area contributed by atoms with E-state index in [-0.39, 0.29) is 11.3 Å². The molecule has 0 atom stereocenters. The van der Waals surface area contributed by atoms with Gasteiger partial charge in [-0.1, -0.05) is 37.1 Å². The normalized spacial score (nSPS) is 18.2. The molecular weight excluding hydrogens is 362 g/mol. The third kappa shape index (κ3) is 5.31. The Morgan fingerprint density at radius 2 is 1.90 bits per heavy atom. The van der Waals surface area contributed by atoms with Crippen molar-refractivity contribution in [2.24, 2.45) is 10.4 Å². The summed E-state index contributed by atoms with van der Waals surface area (Å²) in [5.74, 6) is 1.00. The van der Waals surface area contributed by atoms with Gasteiger partial charge in [0.05, 0.1) is 12.0 Å². The second kappa shape index (κ2) is 9.81. The number of nitrogens with one attached hydrogen (secondary N) is 2. The first kappa shape index (κ1) is 21.2. The van der Waals surface area contributed by atoms with Crippen molar-refractivity contribution in [3.8, 4) is 0 Å². The minimum Gasteiger partial charge on any atom is -0.364 e. The molecule has 3 rings (SSSR count). The number of aliphatic imine (C=N–C) groups is 1. The summed E-state index contributed by atoms with van der Waals surface area (Å²) in [6.07, 6.45) is 8.53. The van der Waals surface area contributed by atoms with Crippen molar-refractivity contribution in [2.75, 3.05) is 45.2 Å².